The fraction of sp³-hybridized carbons (Fsp3) is 0.700. The van der Waals surface area contributed by atoms with Crippen molar-refractivity contribution in [1.82, 2.24) is 9.27 Å². The SMILES string of the molecule is OC1(c2ccsn2)CCN2CCC1C2. The van der Waals surface area contributed by atoms with Crippen LogP contribution >= 0.6 is 11.5 Å². The van der Waals surface area contributed by atoms with Gasteiger partial charge in [-0.2, -0.15) is 4.37 Å². The number of aliphatic hydroxyl groups is 1. The van der Waals surface area contributed by atoms with E-state index in [1.165, 1.54) is 11.5 Å². The quantitative estimate of drug-likeness (QED) is 0.753. The number of rotatable bonds is 1. The summed E-state index contributed by atoms with van der Waals surface area (Å²) >= 11 is 1.43. The van der Waals surface area contributed by atoms with Crippen molar-refractivity contribution in [3.8, 4) is 0 Å². The fourth-order valence-corrected chi connectivity index (χ4v) is 3.31. The predicted molar refractivity (Wildman–Crippen MR) is 55.2 cm³/mol. The molecule has 0 aliphatic carbocycles. The Morgan fingerprint density at radius 2 is 2.50 bits per heavy atom. The van der Waals surface area contributed by atoms with E-state index in [0.717, 1.165) is 38.2 Å². The van der Waals surface area contributed by atoms with Crippen LogP contribution in [0.2, 0.25) is 0 Å². The summed E-state index contributed by atoms with van der Waals surface area (Å²) in [5, 5.41) is 12.6. The highest BCUT2D eigenvalue weighted by molar-refractivity contribution is 7.03. The van der Waals surface area contributed by atoms with Gasteiger partial charge in [-0.25, -0.2) is 0 Å². The van der Waals surface area contributed by atoms with Crippen molar-refractivity contribution in [3.63, 3.8) is 0 Å². The molecule has 0 spiro atoms. The van der Waals surface area contributed by atoms with Crippen molar-refractivity contribution >= 4 is 11.5 Å². The van der Waals surface area contributed by atoms with Gasteiger partial charge in [0, 0.05) is 24.4 Å². The van der Waals surface area contributed by atoms with Crippen LogP contribution in [0.1, 0.15) is 18.5 Å². The highest BCUT2D eigenvalue weighted by atomic mass is 32.1. The van der Waals surface area contributed by atoms with Crippen molar-refractivity contribution in [2.45, 2.75) is 18.4 Å². The van der Waals surface area contributed by atoms with E-state index in [4.69, 9.17) is 0 Å². The second-order valence-electron chi connectivity index (χ2n) is 4.35. The zero-order valence-electron chi connectivity index (χ0n) is 8.02. The minimum atomic E-state index is -0.632. The molecule has 14 heavy (non-hydrogen) atoms. The Bertz CT molecular complexity index is 327. The lowest BCUT2D eigenvalue weighted by atomic mass is 9.80. The fourth-order valence-electron chi connectivity index (χ4n) is 2.73. The Labute approximate surface area is 87.5 Å². The molecule has 0 saturated carbocycles. The van der Waals surface area contributed by atoms with E-state index in [1.807, 2.05) is 11.4 Å². The average Bonchev–Trinajstić information content (AvgIpc) is 2.84. The van der Waals surface area contributed by atoms with Crippen molar-refractivity contribution in [3.05, 3.63) is 17.1 Å². The first-order valence-corrected chi connectivity index (χ1v) is 5.98. The van der Waals surface area contributed by atoms with Crippen LogP contribution in [-0.2, 0) is 5.60 Å². The molecule has 3 rings (SSSR count). The van der Waals surface area contributed by atoms with Gasteiger partial charge in [0.1, 0.15) is 5.60 Å². The molecule has 3 unspecified atom stereocenters. The Hall–Kier alpha value is -0.450. The molecule has 3 nitrogen and oxygen atoms in total. The van der Waals surface area contributed by atoms with Crippen LogP contribution in [-0.4, -0.2) is 34.0 Å². The first-order valence-electron chi connectivity index (χ1n) is 5.14. The summed E-state index contributed by atoms with van der Waals surface area (Å²) in [6.45, 7) is 3.22. The molecular formula is C10H14N2OS. The first-order chi connectivity index (χ1) is 6.79. The van der Waals surface area contributed by atoms with Gasteiger partial charge < -0.3 is 10.0 Å². The highest BCUT2D eigenvalue weighted by Gasteiger charge is 2.47. The van der Waals surface area contributed by atoms with Crippen molar-refractivity contribution < 1.29 is 5.11 Å². The number of fused-ring (bicyclic) bond motifs is 2. The Kier molecular flexibility index (Phi) is 1.90. The molecule has 2 fully saturated rings. The van der Waals surface area contributed by atoms with Crippen molar-refractivity contribution in [2.75, 3.05) is 19.6 Å². The standard InChI is InChI=1S/C10H14N2OS/c13-10(9-2-6-14-11-9)3-5-12-4-1-8(10)7-12/h2,6,8,13H,1,3-5,7H2. The molecule has 3 heterocycles. The third-order valence-corrected chi connectivity index (χ3v) is 4.20. The number of piperidine rings is 1. The molecule has 2 aliphatic heterocycles. The molecule has 2 saturated heterocycles. The summed E-state index contributed by atoms with van der Waals surface area (Å²) in [4.78, 5) is 2.44. The molecular weight excluding hydrogens is 196 g/mol. The molecule has 1 N–H and O–H groups in total. The van der Waals surface area contributed by atoms with Crippen LogP contribution < -0.4 is 0 Å². The number of hydrogen-bond donors (Lipinski definition) is 1. The lowest BCUT2D eigenvalue weighted by molar-refractivity contribution is -0.0529. The Morgan fingerprint density at radius 1 is 1.57 bits per heavy atom. The van der Waals surface area contributed by atoms with Gasteiger partial charge in [-0.1, -0.05) is 0 Å². The smallest absolute Gasteiger partial charge is 0.113 e. The van der Waals surface area contributed by atoms with E-state index >= 15 is 0 Å². The summed E-state index contributed by atoms with van der Waals surface area (Å²) in [5.74, 6) is 0.401. The van der Waals surface area contributed by atoms with Gasteiger partial charge in [-0.3, -0.25) is 0 Å². The van der Waals surface area contributed by atoms with E-state index in [-0.39, 0.29) is 0 Å². The molecule has 0 aromatic carbocycles. The van der Waals surface area contributed by atoms with Crippen molar-refractivity contribution in [2.24, 2.45) is 5.92 Å². The minimum Gasteiger partial charge on any atom is -0.383 e. The summed E-state index contributed by atoms with van der Waals surface area (Å²) < 4.78 is 4.30. The molecule has 1 aromatic rings. The van der Waals surface area contributed by atoms with Crippen LogP contribution in [0.5, 0.6) is 0 Å². The topological polar surface area (TPSA) is 36.4 Å². The highest BCUT2D eigenvalue weighted by Crippen LogP contribution is 2.42. The monoisotopic (exact) mass is 210 g/mol. The van der Waals surface area contributed by atoms with Crippen LogP contribution in [0.25, 0.3) is 0 Å². The molecule has 2 bridgehead atoms. The summed E-state index contributed by atoms with van der Waals surface area (Å²) in [6, 6.07) is 1.97. The van der Waals surface area contributed by atoms with Crippen molar-refractivity contribution in [1.29, 1.82) is 0 Å². The molecule has 76 valence electrons. The third-order valence-electron chi connectivity index (χ3n) is 3.64. The van der Waals surface area contributed by atoms with Gasteiger partial charge in [-0.05, 0) is 37.0 Å². The normalized spacial score (nSPS) is 41.5. The number of nitrogens with zero attached hydrogens (tertiary/aromatic N) is 2. The maximum absolute atomic E-state index is 10.6. The molecule has 2 aliphatic rings. The Balaban J connectivity index is 1.95. The molecule has 1 aromatic heterocycles. The number of hydrogen-bond acceptors (Lipinski definition) is 4. The van der Waals surface area contributed by atoms with Gasteiger partial charge in [-0.15, -0.1) is 0 Å². The summed E-state index contributed by atoms with van der Waals surface area (Å²) in [6.07, 6.45) is 1.97. The van der Waals surface area contributed by atoms with Gasteiger partial charge in [0.05, 0.1) is 5.69 Å². The van der Waals surface area contributed by atoms with Crippen LogP contribution in [0.15, 0.2) is 11.4 Å². The largest absolute Gasteiger partial charge is 0.383 e. The lowest BCUT2D eigenvalue weighted by Gasteiger charge is -2.37. The maximum atomic E-state index is 10.6. The second-order valence-corrected chi connectivity index (χ2v) is 5.01. The minimum absolute atomic E-state index is 0.401. The summed E-state index contributed by atoms with van der Waals surface area (Å²) in [7, 11) is 0. The molecule has 3 atom stereocenters. The van der Waals surface area contributed by atoms with Gasteiger partial charge in [0.25, 0.3) is 0 Å². The van der Waals surface area contributed by atoms with Gasteiger partial charge in [0.15, 0.2) is 0 Å². The van der Waals surface area contributed by atoms with Gasteiger partial charge >= 0.3 is 0 Å². The van der Waals surface area contributed by atoms with Crippen LogP contribution in [0.4, 0.5) is 0 Å². The van der Waals surface area contributed by atoms with Gasteiger partial charge in [0.2, 0.25) is 0 Å². The Morgan fingerprint density at radius 3 is 3.29 bits per heavy atom. The number of aromatic nitrogens is 1. The molecule has 4 heteroatoms. The van der Waals surface area contributed by atoms with E-state index in [2.05, 4.69) is 9.27 Å². The first kappa shape index (κ1) is 8.83. The van der Waals surface area contributed by atoms with E-state index in [9.17, 15) is 5.11 Å². The van der Waals surface area contributed by atoms with Crippen LogP contribution in [0, 0.1) is 5.92 Å². The average molecular weight is 210 g/mol. The zero-order chi connectivity index (χ0) is 9.60. The zero-order valence-corrected chi connectivity index (χ0v) is 8.83. The van der Waals surface area contributed by atoms with E-state index < -0.39 is 5.60 Å². The maximum Gasteiger partial charge on any atom is 0.113 e. The van der Waals surface area contributed by atoms with E-state index in [1.54, 1.807) is 0 Å². The molecule has 0 radical (unpaired) electrons. The molecule has 0 amide bonds. The van der Waals surface area contributed by atoms with Crippen LogP contribution in [0.3, 0.4) is 0 Å². The predicted octanol–water partition coefficient (Wildman–Crippen LogP) is 1.06. The third kappa shape index (κ3) is 1.14. The second kappa shape index (κ2) is 3.02. The summed E-state index contributed by atoms with van der Waals surface area (Å²) in [5.41, 5.74) is 0.265. The van der Waals surface area contributed by atoms with E-state index in [0.29, 0.717) is 5.92 Å². The lowest BCUT2D eigenvalue weighted by Crippen LogP contribution is -2.44.